The number of hydrogen-bond donors (Lipinski definition) is 0. The van der Waals surface area contributed by atoms with Gasteiger partial charge in [-0.3, -0.25) is 0 Å². The fraction of sp³-hybridized carbons (Fsp3) is 0.0714. The van der Waals surface area contributed by atoms with Gasteiger partial charge in [0.25, 0.3) is 0 Å². The van der Waals surface area contributed by atoms with Gasteiger partial charge in [-0.2, -0.15) is 0 Å². The van der Waals surface area contributed by atoms with Crippen molar-refractivity contribution in [3.8, 4) is 22.5 Å². The van der Waals surface area contributed by atoms with Gasteiger partial charge >= 0.3 is 0 Å². The van der Waals surface area contributed by atoms with E-state index in [2.05, 4.69) is 72.7 Å². The van der Waals surface area contributed by atoms with E-state index in [1.54, 1.807) is 0 Å². The molecule has 0 radical (unpaired) electrons. The second-order valence-corrected chi connectivity index (χ2v) is 7.79. The van der Waals surface area contributed by atoms with Crippen LogP contribution in [-0.2, 0) is 0 Å². The molecule has 0 saturated carbocycles. The van der Waals surface area contributed by atoms with Crippen LogP contribution >= 0.6 is 0 Å². The van der Waals surface area contributed by atoms with Gasteiger partial charge in [0, 0.05) is 21.9 Å². The zero-order valence-electron chi connectivity index (χ0n) is 17.9. The Morgan fingerprint density at radius 1 is 0.469 bits per heavy atom. The van der Waals surface area contributed by atoms with E-state index in [1.165, 1.54) is 11.1 Å². The van der Waals surface area contributed by atoms with Gasteiger partial charge in [0.05, 0.1) is 0 Å². The van der Waals surface area contributed by atoms with Gasteiger partial charge < -0.3 is 9.05 Å². The lowest BCUT2D eigenvalue weighted by Gasteiger charge is -1.97. The minimum atomic E-state index is 0.832. The van der Waals surface area contributed by atoms with Gasteiger partial charge in [-0.25, -0.2) is 0 Å². The van der Waals surface area contributed by atoms with Gasteiger partial charge in [0.15, 0.2) is 11.2 Å². The molecule has 156 valence electrons. The minimum absolute atomic E-state index is 0.832. The van der Waals surface area contributed by atoms with Crippen LogP contribution in [0.2, 0.25) is 0 Å². The SMILES string of the molecule is Cc1ccc(-c2noc3ccccc23)cc1.Cc1ccc(-c2noc3ccccc23)cc1. The molecule has 6 aromatic rings. The molecule has 0 fully saturated rings. The molecule has 0 aliphatic rings. The molecule has 2 heterocycles. The zero-order valence-corrected chi connectivity index (χ0v) is 17.9. The highest BCUT2D eigenvalue weighted by Crippen LogP contribution is 2.28. The third kappa shape index (κ3) is 3.91. The molecule has 4 aromatic carbocycles. The fourth-order valence-corrected chi connectivity index (χ4v) is 3.61. The van der Waals surface area contributed by atoms with Crippen molar-refractivity contribution < 1.29 is 9.05 Å². The average Bonchev–Trinajstić information content (AvgIpc) is 3.45. The molecule has 0 aliphatic heterocycles. The number of aryl methyl sites for hydroxylation is 2. The molecular weight excluding hydrogens is 396 g/mol. The standard InChI is InChI=1S/2C14H11NO/c2*1-10-6-8-11(9-7-10)14-12-4-2-3-5-13(12)16-15-14/h2*2-9H,1H3. The van der Waals surface area contributed by atoms with Crippen molar-refractivity contribution in [2.75, 3.05) is 0 Å². The summed E-state index contributed by atoms with van der Waals surface area (Å²) in [6, 6.07) is 32.4. The molecule has 0 saturated heterocycles. The number of benzene rings is 4. The maximum absolute atomic E-state index is 5.28. The van der Waals surface area contributed by atoms with Crippen molar-refractivity contribution in [2.45, 2.75) is 13.8 Å². The highest BCUT2D eigenvalue weighted by Gasteiger charge is 2.09. The Labute approximate surface area is 186 Å². The van der Waals surface area contributed by atoms with Gasteiger partial charge in [0.2, 0.25) is 0 Å². The first-order chi connectivity index (χ1) is 15.7. The van der Waals surface area contributed by atoms with Gasteiger partial charge in [-0.05, 0) is 38.1 Å². The Kier molecular flexibility index (Phi) is 5.26. The molecule has 0 unspecified atom stereocenters. The first kappa shape index (κ1) is 19.8. The summed E-state index contributed by atoms with van der Waals surface area (Å²) in [7, 11) is 0. The normalized spacial score (nSPS) is 10.8. The predicted octanol–water partition coefficient (Wildman–Crippen LogP) is 7.61. The summed E-state index contributed by atoms with van der Waals surface area (Å²) < 4.78 is 10.6. The first-order valence-electron chi connectivity index (χ1n) is 10.5. The van der Waals surface area contributed by atoms with Crippen LogP contribution in [0.15, 0.2) is 106 Å². The largest absolute Gasteiger partial charge is 0.356 e. The van der Waals surface area contributed by atoms with Crippen molar-refractivity contribution in [3.05, 3.63) is 108 Å². The monoisotopic (exact) mass is 418 g/mol. The summed E-state index contributed by atoms with van der Waals surface area (Å²) in [5, 5.41) is 10.4. The summed E-state index contributed by atoms with van der Waals surface area (Å²) in [5.74, 6) is 0. The predicted molar refractivity (Wildman–Crippen MR) is 128 cm³/mol. The maximum atomic E-state index is 5.28. The molecule has 4 nitrogen and oxygen atoms in total. The molecule has 0 atom stereocenters. The molecule has 2 aromatic heterocycles. The van der Waals surface area contributed by atoms with E-state index in [-0.39, 0.29) is 0 Å². The molecule has 0 bridgehead atoms. The molecule has 0 amide bonds. The van der Waals surface area contributed by atoms with Crippen LogP contribution in [0.25, 0.3) is 44.5 Å². The lowest BCUT2D eigenvalue weighted by atomic mass is 10.1. The van der Waals surface area contributed by atoms with Crippen LogP contribution < -0.4 is 0 Å². The Morgan fingerprint density at radius 2 is 0.844 bits per heavy atom. The molecule has 6 rings (SSSR count). The summed E-state index contributed by atoms with van der Waals surface area (Å²) >= 11 is 0. The van der Waals surface area contributed by atoms with Crippen LogP contribution in [0.3, 0.4) is 0 Å². The van der Waals surface area contributed by atoms with E-state index in [0.717, 1.165) is 44.5 Å². The topological polar surface area (TPSA) is 52.1 Å². The number of fused-ring (bicyclic) bond motifs is 2. The molecule has 0 N–H and O–H groups in total. The Bertz CT molecular complexity index is 1360. The van der Waals surface area contributed by atoms with E-state index in [1.807, 2.05) is 48.5 Å². The highest BCUT2D eigenvalue weighted by atomic mass is 16.5. The maximum Gasteiger partial charge on any atom is 0.167 e. The van der Waals surface area contributed by atoms with Crippen molar-refractivity contribution in [3.63, 3.8) is 0 Å². The number of rotatable bonds is 2. The van der Waals surface area contributed by atoms with E-state index >= 15 is 0 Å². The Morgan fingerprint density at radius 3 is 1.25 bits per heavy atom. The van der Waals surface area contributed by atoms with Crippen molar-refractivity contribution >= 4 is 21.9 Å². The van der Waals surface area contributed by atoms with Crippen LogP contribution in [-0.4, -0.2) is 10.3 Å². The van der Waals surface area contributed by atoms with E-state index in [9.17, 15) is 0 Å². The number of hydrogen-bond acceptors (Lipinski definition) is 4. The fourth-order valence-electron chi connectivity index (χ4n) is 3.61. The summed E-state index contributed by atoms with van der Waals surface area (Å²) in [4.78, 5) is 0. The van der Waals surface area contributed by atoms with Crippen molar-refractivity contribution in [1.82, 2.24) is 10.3 Å². The second kappa shape index (κ2) is 8.52. The molecule has 0 aliphatic carbocycles. The number of para-hydroxylation sites is 2. The zero-order chi connectivity index (χ0) is 21.9. The third-order valence-electron chi connectivity index (χ3n) is 5.40. The smallest absolute Gasteiger partial charge is 0.167 e. The van der Waals surface area contributed by atoms with Crippen LogP contribution in [0.5, 0.6) is 0 Å². The molecule has 4 heteroatoms. The molecule has 0 spiro atoms. The minimum Gasteiger partial charge on any atom is -0.356 e. The quantitative estimate of drug-likeness (QED) is 0.290. The van der Waals surface area contributed by atoms with Crippen LogP contribution in [0.1, 0.15) is 11.1 Å². The first-order valence-corrected chi connectivity index (χ1v) is 10.5. The number of nitrogens with zero attached hydrogens (tertiary/aromatic N) is 2. The summed E-state index contributed by atoms with van der Waals surface area (Å²) in [5.41, 5.74) is 8.17. The van der Waals surface area contributed by atoms with E-state index < -0.39 is 0 Å². The van der Waals surface area contributed by atoms with Gasteiger partial charge in [0.1, 0.15) is 11.4 Å². The highest BCUT2D eigenvalue weighted by molar-refractivity contribution is 5.92. The number of aromatic nitrogens is 2. The summed E-state index contributed by atoms with van der Waals surface area (Å²) in [6.45, 7) is 4.15. The van der Waals surface area contributed by atoms with E-state index in [4.69, 9.17) is 9.05 Å². The lowest BCUT2D eigenvalue weighted by Crippen LogP contribution is -1.78. The van der Waals surface area contributed by atoms with Gasteiger partial charge in [-0.15, -0.1) is 0 Å². The Balaban J connectivity index is 0.000000135. The van der Waals surface area contributed by atoms with Gasteiger partial charge in [-0.1, -0.05) is 94.2 Å². The van der Waals surface area contributed by atoms with Crippen LogP contribution in [0.4, 0.5) is 0 Å². The van der Waals surface area contributed by atoms with E-state index in [0.29, 0.717) is 0 Å². The molecule has 32 heavy (non-hydrogen) atoms. The van der Waals surface area contributed by atoms with Crippen molar-refractivity contribution in [2.24, 2.45) is 0 Å². The van der Waals surface area contributed by atoms with Crippen LogP contribution in [0, 0.1) is 13.8 Å². The summed E-state index contributed by atoms with van der Waals surface area (Å²) in [6.07, 6.45) is 0. The van der Waals surface area contributed by atoms with Crippen molar-refractivity contribution in [1.29, 1.82) is 0 Å². The molecular formula is C28H22N2O2. The third-order valence-corrected chi connectivity index (χ3v) is 5.40. The average molecular weight is 418 g/mol. The lowest BCUT2D eigenvalue weighted by molar-refractivity contribution is 0.459. The Hall–Kier alpha value is -4.18. The second-order valence-electron chi connectivity index (χ2n) is 7.79.